The highest BCUT2D eigenvalue weighted by Gasteiger charge is 2.32. The lowest BCUT2D eigenvalue weighted by atomic mass is 10.1. The van der Waals surface area contributed by atoms with E-state index in [0.717, 1.165) is 5.56 Å². The predicted octanol–water partition coefficient (Wildman–Crippen LogP) is 0.984. The average Bonchev–Trinajstić information content (AvgIpc) is 2.36. The number of hydrogen-bond donors (Lipinski definition) is 2. The Bertz CT molecular complexity index is 559. The summed E-state index contributed by atoms with van der Waals surface area (Å²) in [6.07, 6.45) is 0.976. The highest BCUT2D eigenvalue weighted by Crippen LogP contribution is 2.31. The van der Waals surface area contributed by atoms with Gasteiger partial charge in [-0.25, -0.2) is 13.2 Å². The molecule has 1 heterocycles. The van der Waals surface area contributed by atoms with E-state index in [9.17, 15) is 13.2 Å². The Morgan fingerprint density at radius 3 is 2.89 bits per heavy atom. The van der Waals surface area contributed by atoms with Crippen LogP contribution in [0.2, 0.25) is 0 Å². The number of carbonyl (C=O) groups excluding carboxylic acids is 1. The fourth-order valence-electron chi connectivity index (χ4n) is 1.66. The number of hydrogen-bond acceptors (Lipinski definition) is 5. The minimum absolute atomic E-state index is 0.291. The van der Waals surface area contributed by atoms with E-state index in [1.807, 2.05) is 16.9 Å². The van der Waals surface area contributed by atoms with Crippen molar-refractivity contribution in [2.45, 2.75) is 18.3 Å². The first-order valence-electron chi connectivity index (χ1n) is 5.21. The predicted molar refractivity (Wildman–Crippen MR) is 68.4 cm³/mol. The van der Waals surface area contributed by atoms with Gasteiger partial charge in [0.15, 0.2) is 0 Å². The molecule has 6 nitrogen and oxygen atoms in total. The second-order valence-electron chi connectivity index (χ2n) is 3.74. The number of benzene rings is 1. The van der Waals surface area contributed by atoms with Crippen molar-refractivity contribution in [3.63, 3.8) is 0 Å². The molecular formula is C10H12N2O4S2. The summed E-state index contributed by atoms with van der Waals surface area (Å²) in [5, 5.41) is 0. The van der Waals surface area contributed by atoms with Crippen LogP contribution < -0.4 is 15.2 Å². The number of amides is 2. The molecule has 0 radical (unpaired) electrons. The lowest BCUT2D eigenvalue weighted by Crippen LogP contribution is -2.33. The normalized spacial score (nSPS) is 18.6. The molecule has 1 atom stereocenters. The van der Waals surface area contributed by atoms with E-state index in [0.29, 0.717) is 29.6 Å². The molecule has 2 rings (SSSR count). The first-order chi connectivity index (χ1) is 8.49. The van der Waals surface area contributed by atoms with E-state index in [1.165, 1.54) is 0 Å². The molecule has 0 saturated heterocycles. The number of para-hydroxylation sites is 1. The SMILES string of the molecule is NC(=O)NSS(=O)(=O)C1CCc2ccccc2O1. The Hall–Kier alpha value is -1.41. The van der Waals surface area contributed by atoms with Gasteiger partial charge in [0, 0.05) is 6.42 Å². The van der Waals surface area contributed by atoms with Crippen molar-refractivity contribution in [1.29, 1.82) is 0 Å². The summed E-state index contributed by atoms with van der Waals surface area (Å²) in [5.41, 5.74) is 4.84. The molecule has 1 unspecified atom stereocenters. The Balaban J connectivity index is 2.11. The van der Waals surface area contributed by atoms with Crippen LogP contribution in [0, 0.1) is 0 Å². The maximum absolute atomic E-state index is 11.9. The second kappa shape index (κ2) is 5.07. The molecule has 1 aromatic carbocycles. The quantitative estimate of drug-likeness (QED) is 0.638. The third kappa shape index (κ3) is 2.88. The van der Waals surface area contributed by atoms with Crippen molar-refractivity contribution in [2.75, 3.05) is 0 Å². The van der Waals surface area contributed by atoms with Gasteiger partial charge in [0.25, 0.3) is 8.87 Å². The Morgan fingerprint density at radius 1 is 1.44 bits per heavy atom. The van der Waals surface area contributed by atoms with E-state index in [4.69, 9.17) is 10.5 Å². The zero-order valence-electron chi connectivity index (χ0n) is 9.33. The molecule has 0 bridgehead atoms. The van der Waals surface area contributed by atoms with E-state index in [2.05, 4.69) is 0 Å². The van der Waals surface area contributed by atoms with Gasteiger partial charge in [0.05, 0.1) is 11.0 Å². The fourth-order valence-corrected chi connectivity index (χ4v) is 3.91. The summed E-state index contributed by atoms with van der Waals surface area (Å²) in [5.74, 6) is 0.567. The first-order valence-corrected chi connectivity index (χ1v) is 8.09. The topological polar surface area (TPSA) is 98.5 Å². The van der Waals surface area contributed by atoms with E-state index < -0.39 is 20.3 Å². The highest BCUT2D eigenvalue weighted by atomic mass is 33.1. The summed E-state index contributed by atoms with van der Waals surface area (Å²) in [6, 6.07) is 6.37. The van der Waals surface area contributed by atoms with Crippen molar-refractivity contribution < 1.29 is 17.9 Å². The van der Waals surface area contributed by atoms with Crippen LogP contribution >= 0.6 is 11.0 Å². The maximum atomic E-state index is 11.9. The van der Waals surface area contributed by atoms with Crippen LogP contribution in [0.25, 0.3) is 0 Å². The lowest BCUT2D eigenvalue weighted by molar-refractivity contribution is 0.245. The lowest BCUT2D eigenvalue weighted by Gasteiger charge is -2.25. The van der Waals surface area contributed by atoms with Gasteiger partial charge in [0.2, 0.25) is 5.44 Å². The number of rotatable bonds is 3. The molecule has 8 heteroatoms. The number of primary amides is 1. The number of nitrogens with one attached hydrogen (secondary N) is 1. The number of aryl methyl sites for hydroxylation is 1. The molecule has 0 aliphatic carbocycles. The van der Waals surface area contributed by atoms with Gasteiger partial charge in [-0.15, -0.1) is 0 Å². The fraction of sp³-hybridized carbons (Fsp3) is 0.300. The molecule has 3 N–H and O–H groups in total. The van der Waals surface area contributed by atoms with Crippen molar-refractivity contribution in [1.82, 2.24) is 4.72 Å². The standard InChI is InChI=1S/C10H12N2O4S2/c11-10(13)12-17-18(14,15)9-6-5-7-3-1-2-4-8(7)16-9/h1-4,9H,5-6H2,(H3,11,12,13). The molecule has 2 amide bonds. The molecule has 98 valence electrons. The van der Waals surface area contributed by atoms with Gasteiger partial charge in [-0.2, -0.15) is 0 Å². The van der Waals surface area contributed by atoms with Gasteiger partial charge in [-0.05, 0) is 18.1 Å². The minimum atomic E-state index is -3.64. The van der Waals surface area contributed by atoms with Crippen molar-refractivity contribution in [2.24, 2.45) is 5.73 Å². The Kier molecular flexibility index (Phi) is 3.67. The molecule has 0 spiro atoms. The van der Waals surface area contributed by atoms with Gasteiger partial charge in [-0.3, -0.25) is 4.72 Å². The van der Waals surface area contributed by atoms with Crippen LogP contribution in [0.5, 0.6) is 5.75 Å². The second-order valence-corrected chi connectivity index (χ2v) is 7.51. The van der Waals surface area contributed by atoms with Gasteiger partial charge < -0.3 is 10.5 Å². The van der Waals surface area contributed by atoms with Gasteiger partial charge in [-0.1, -0.05) is 18.2 Å². The van der Waals surface area contributed by atoms with E-state index in [1.54, 1.807) is 12.1 Å². The van der Waals surface area contributed by atoms with Crippen molar-refractivity contribution >= 4 is 25.9 Å². The molecule has 1 aromatic rings. The first kappa shape index (κ1) is 13.0. The van der Waals surface area contributed by atoms with E-state index in [-0.39, 0.29) is 0 Å². The molecule has 18 heavy (non-hydrogen) atoms. The minimum Gasteiger partial charge on any atom is -0.473 e. The molecule has 0 aromatic heterocycles. The summed E-state index contributed by atoms with van der Waals surface area (Å²) < 4.78 is 31.2. The van der Waals surface area contributed by atoms with Crippen LogP contribution in [-0.4, -0.2) is 19.9 Å². The van der Waals surface area contributed by atoms with Gasteiger partial charge in [0.1, 0.15) is 5.75 Å². The number of carbonyl (C=O) groups is 1. The average molecular weight is 288 g/mol. The van der Waals surface area contributed by atoms with Crippen molar-refractivity contribution in [3.05, 3.63) is 29.8 Å². The monoisotopic (exact) mass is 288 g/mol. The van der Waals surface area contributed by atoms with Crippen LogP contribution in [0.3, 0.4) is 0 Å². The summed E-state index contributed by atoms with van der Waals surface area (Å²) >= 11 is 0. The third-order valence-corrected chi connectivity index (χ3v) is 5.54. The summed E-state index contributed by atoms with van der Waals surface area (Å²) in [6.45, 7) is 0. The van der Waals surface area contributed by atoms with Crippen LogP contribution in [0.15, 0.2) is 24.3 Å². The zero-order valence-corrected chi connectivity index (χ0v) is 11.0. The van der Waals surface area contributed by atoms with Gasteiger partial charge >= 0.3 is 6.03 Å². The Morgan fingerprint density at radius 2 is 2.17 bits per heavy atom. The largest absolute Gasteiger partial charge is 0.473 e. The number of fused-ring (bicyclic) bond motifs is 1. The highest BCUT2D eigenvalue weighted by molar-refractivity contribution is 8.71. The number of urea groups is 1. The Labute approximate surface area is 108 Å². The smallest absolute Gasteiger partial charge is 0.322 e. The summed E-state index contributed by atoms with van der Waals surface area (Å²) in [7, 11) is -3.35. The molecule has 0 saturated carbocycles. The van der Waals surface area contributed by atoms with E-state index >= 15 is 0 Å². The summed E-state index contributed by atoms with van der Waals surface area (Å²) in [4.78, 5) is 10.5. The van der Waals surface area contributed by atoms with Crippen LogP contribution in [-0.2, 0) is 15.3 Å². The molecule has 1 aliphatic heterocycles. The molecular weight excluding hydrogens is 276 g/mol. The number of ether oxygens (including phenoxy) is 1. The number of nitrogens with two attached hydrogens (primary N) is 1. The zero-order chi connectivity index (χ0) is 13.2. The molecule has 1 aliphatic rings. The molecule has 0 fully saturated rings. The maximum Gasteiger partial charge on any atom is 0.322 e. The van der Waals surface area contributed by atoms with Crippen LogP contribution in [0.1, 0.15) is 12.0 Å². The van der Waals surface area contributed by atoms with Crippen molar-refractivity contribution in [3.8, 4) is 5.75 Å². The van der Waals surface area contributed by atoms with Crippen LogP contribution in [0.4, 0.5) is 4.79 Å². The third-order valence-electron chi connectivity index (χ3n) is 2.46.